The third-order valence-corrected chi connectivity index (χ3v) is 6.72. The van der Waals surface area contributed by atoms with Gasteiger partial charge < -0.3 is 31.7 Å². The van der Waals surface area contributed by atoms with E-state index in [-0.39, 0.29) is 28.8 Å². The van der Waals surface area contributed by atoms with Gasteiger partial charge in [0.15, 0.2) is 10.8 Å². The summed E-state index contributed by atoms with van der Waals surface area (Å²) in [6.45, 7) is -0.0994. The lowest BCUT2D eigenvalue weighted by Gasteiger charge is -2.52. The monoisotopic (exact) mass is 469 g/mol. The van der Waals surface area contributed by atoms with Crippen LogP contribution in [0.2, 0.25) is 0 Å². The molecule has 0 bridgehead atoms. The molecule has 2 amide bonds. The lowest BCUT2D eigenvalue weighted by molar-refractivity contribution is -0.154. The summed E-state index contributed by atoms with van der Waals surface area (Å²) in [7, 11) is 1.28. The number of thioether (sulfide) groups is 1. The largest absolute Gasteiger partial charge is 0.480 e. The number of rotatable bonds is 8. The highest BCUT2D eigenvalue weighted by atomic mass is 32.2. The first-order valence-corrected chi connectivity index (χ1v) is 10.6. The maximum Gasteiger partial charge on any atom is 0.317 e. The standard InChI is InChI=1S/C15H19N9O5S2/c1-29-23-8(7-2-30-14(16)21-7)10(25)22-9-11(26)24-4-15(13(27)28,5-31-12(9)24)3-19-20-6-18-17/h2-3,6,9,12H,4-5,17H2,1H3,(H2,16,21)(H,18,20)(H,22,25)(H,27,28)/t9?,12-,15?/m1/s1. The Labute approximate surface area is 183 Å². The normalized spacial score (nSPS) is 25.9. The maximum absolute atomic E-state index is 12.7. The molecule has 2 aliphatic heterocycles. The predicted octanol–water partition coefficient (Wildman–Crippen LogP) is -1.98. The highest BCUT2D eigenvalue weighted by molar-refractivity contribution is 8.00. The van der Waals surface area contributed by atoms with Crippen LogP contribution in [0, 0.1) is 5.41 Å². The molecule has 16 heteroatoms. The van der Waals surface area contributed by atoms with Crippen molar-refractivity contribution >= 4 is 64.3 Å². The average molecular weight is 470 g/mol. The fourth-order valence-electron chi connectivity index (χ4n) is 2.99. The Balaban J connectivity index is 1.69. The van der Waals surface area contributed by atoms with Gasteiger partial charge in [0, 0.05) is 23.9 Å². The van der Waals surface area contributed by atoms with Crippen molar-refractivity contribution in [2.75, 3.05) is 25.1 Å². The first-order valence-electron chi connectivity index (χ1n) is 8.63. The second-order valence-corrected chi connectivity index (χ2v) is 8.43. The number of aromatic nitrogens is 1. The van der Waals surface area contributed by atoms with E-state index in [1.807, 2.05) is 0 Å². The molecule has 2 unspecified atom stereocenters. The fourth-order valence-corrected chi connectivity index (χ4v) is 5.03. The molecular formula is C15H19N9O5S2. The summed E-state index contributed by atoms with van der Waals surface area (Å²) in [6, 6.07) is -0.846. The fraction of sp³-hybridized carbons (Fsp3) is 0.400. The van der Waals surface area contributed by atoms with Crippen molar-refractivity contribution in [1.29, 1.82) is 0 Å². The van der Waals surface area contributed by atoms with E-state index >= 15 is 0 Å². The highest BCUT2D eigenvalue weighted by Gasteiger charge is 2.57. The number of carboxylic acid groups (broad SMARTS) is 1. The number of aliphatic carboxylic acids is 1. The minimum Gasteiger partial charge on any atom is -0.480 e. The molecule has 0 aliphatic carbocycles. The van der Waals surface area contributed by atoms with Gasteiger partial charge in [-0.25, -0.2) is 4.98 Å². The number of β-lactam (4-membered cyclic amide) rings is 1. The van der Waals surface area contributed by atoms with Crippen LogP contribution in [0.5, 0.6) is 0 Å². The van der Waals surface area contributed by atoms with Gasteiger partial charge in [0.05, 0.1) is 0 Å². The molecule has 14 nitrogen and oxygen atoms in total. The van der Waals surface area contributed by atoms with Crippen molar-refractivity contribution in [3.63, 3.8) is 0 Å². The van der Waals surface area contributed by atoms with E-state index in [9.17, 15) is 19.5 Å². The number of fused-ring (bicyclic) bond motifs is 1. The number of hydrogen-bond donors (Lipinski definition) is 5. The van der Waals surface area contributed by atoms with E-state index < -0.39 is 34.6 Å². The van der Waals surface area contributed by atoms with Crippen LogP contribution < -0.4 is 22.3 Å². The molecule has 0 radical (unpaired) electrons. The Morgan fingerprint density at radius 3 is 2.90 bits per heavy atom. The van der Waals surface area contributed by atoms with Crippen molar-refractivity contribution < 1.29 is 24.3 Å². The number of carboxylic acids is 1. The van der Waals surface area contributed by atoms with E-state index in [1.54, 1.807) is 5.38 Å². The second kappa shape index (κ2) is 9.17. The Bertz CT molecular complexity index is 964. The van der Waals surface area contributed by atoms with Gasteiger partial charge in [-0.15, -0.1) is 23.1 Å². The molecule has 1 aromatic heterocycles. The zero-order chi connectivity index (χ0) is 22.6. The number of nitrogen functional groups attached to an aromatic ring is 1. The van der Waals surface area contributed by atoms with Gasteiger partial charge >= 0.3 is 5.97 Å². The van der Waals surface area contributed by atoms with Gasteiger partial charge in [0.2, 0.25) is 5.91 Å². The number of thiazole rings is 1. The van der Waals surface area contributed by atoms with E-state index in [4.69, 9.17) is 16.4 Å². The number of amides is 2. The zero-order valence-corrected chi connectivity index (χ0v) is 17.7. The SMILES string of the molecule is CON=C(C(=O)NC1C(=O)N2CC(C=NNC=NN)(C(=O)O)CS[C@H]12)c1csc(N)n1. The van der Waals surface area contributed by atoms with Crippen molar-refractivity contribution in [3.8, 4) is 0 Å². The molecule has 2 aliphatic rings. The number of hydrazone groups is 2. The van der Waals surface area contributed by atoms with Gasteiger partial charge in [-0.1, -0.05) is 5.16 Å². The maximum atomic E-state index is 12.7. The molecule has 2 fully saturated rings. The van der Waals surface area contributed by atoms with Gasteiger partial charge in [0.25, 0.3) is 5.91 Å². The van der Waals surface area contributed by atoms with Gasteiger partial charge in [-0.05, 0) is 0 Å². The van der Waals surface area contributed by atoms with Crippen LogP contribution >= 0.6 is 23.1 Å². The molecule has 3 rings (SSSR count). The van der Waals surface area contributed by atoms with Gasteiger partial charge in [-0.2, -0.15) is 10.2 Å². The molecule has 1 aromatic rings. The Kier molecular flexibility index (Phi) is 6.59. The summed E-state index contributed by atoms with van der Waals surface area (Å²) >= 11 is 2.35. The topological polar surface area (TPSA) is 210 Å². The van der Waals surface area contributed by atoms with Crippen LogP contribution in [-0.4, -0.2) is 81.9 Å². The van der Waals surface area contributed by atoms with Crippen LogP contribution in [0.15, 0.2) is 20.7 Å². The lowest BCUT2D eigenvalue weighted by Crippen LogP contribution is -2.74. The van der Waals surface area contributed by atoms with E-state index in [0.717, 1.165) is 17.7 Å². The quantitative estimate of drug-likeness (QED) is 0.0931. The Morgan fingerprint density at radius 1 is 1.52 bits per heavy atom. The summed E-state index contributed by atoms with van der Waals surface area (Å²) in [5.41, 5.74) is 6.67. The lowest BCUT2D eigenvalue weighted by atomic mass is 9.88. The summed E-state index contributed by atoms with van der Waals surface area (Å²) in [5, 5.41) is 24.3. The molecule has 166 valence electrons. The smallest absolute Gasteiger partial charge is 0.317 e. The molecule has 0 saturated carbocycles. The van der Waals surface area contributed by atoms with Crippen LogP contribution in [-0.2, 0) is 19.2 Å². The van der Waals surface area contributed by atoms with Crippen LogP contribution in [0.25, 0.3) is 0 Å². The Hall–Kier alpha value is -3.40. The third kappa shape index (κ3) is 4.38. The molecular weight excluding hydrogens is 450 g/mol. The number of hydrogen-bond acceptors (Lipinski definition) is 12. The number of anilines is 1. The van der Waals surface area contributed by atoms with Gasteiger partial charge in [-0.3, -0.25) is 19.8 Å². The minimum absolute atomic E-state index is 0.0994. The summed E-state index contributed by atoms with van der Waals surface area (Å²) in [5.74, 6) is 2.86. The number of carbonyl (C=O) groups is 3. The number of nitrogens with zero attached hydrogens (tertiary/aromatic N) is 5. The van der Waals surface area contributed by atoms with Gasteiger partial charge in [0.1, 0.15) is 36.0 Å². The van der Waals surface area contributed by atoms with E-state index in [2.05, 4.69) is 31.1 Å². The second-order valence-electron chi connectivity index (χ2n) is 6.44. The number of nitrogens with two attached hydrogens (primary N) is 2. The number of carbonyl (C=O) groups excluding carboxylic acids is 2. The first-order chi connectivity index (χ1) is 14.8. The number of oxime groups is 1. The summed E-state index contributed by atoms with van der Waals surface area (Å²) in [6.07, 6.45) is 2.29. The van der Waals surface area contributed by atoms with Crippen molar-refractivity contribution in [2.24, 2.45) is 26.6 Å². The predicted molar refractivity (Wildman–Crippen MR) is 114 cm³/mol. The molecule has 3 heterocycles. The van der Waals surface area contributed by atoms with Crippen LogP contribution in [0.3, 0.4) is 0 Å². The average Bonchev–Trinajstić information content (AvgIpc) is 3.18. The summed E-state index contributed by atoms with van der Waals surface area (Å²) in [4.78, 5) is 47.3. The first kappa shape index (κ1) is 22.3. The van der Waals surface area contributed by atoms with E-state index in [0.29, 0.717) is 0 Å². The summed E-state index contributed by atoms with van der Waals surface area (Å²) < 4.78 is 0. The third-order valence-electron chi connectivity index (χ3n) is 4.50. The molecule has 0 spiro atoms. The molecule has 7 N–H and O–H groups in total. The molecule has 2 saturated heterocycles. The zero-order valence-electron chi connectivity index (χ0n) is 16.1. The van der Waals surface area contributed by atoms with Crippen molar-refractivity contribution in [1.82, 2.24) is 20.6 Å². The molecule has 3 atom stereocenters. The molecule has 31 heavy (non-hydrogen) atoms. The van der Waals surface area contributed by atoms with Crippen molar-refractivity contribution in [2.45, 2.75) is 11.4 Å². The molecule has 0 aromatic carbocycles. The number of nitrogens with one attached hydrogen (secondary N) is 2. The van der Waals surface area contributed by atoms with Crippen molar-refractivity contribution in [3.05, 3.63) is 11.1 Å². The minimum atomic E-state index is -1.40. The van der Waals surface area contributed by atoms with Crippen LogP contribution in [0.4, 0.5) is 5.13 Å². The van der Waals surface area contributed by atoms with Crippen LogP contribution in [0.1, 0.15) is 5.69 Å². The highest BCUT2D eigenvalue weighted by Crippen LogP contribution is 2.41. The van der Waals surface area contributed by atoms with E-state index in [1.165, 1.54) is 30.0 Å². The Morgan fingerprint density at radius 2 is 2.29 bits per heavy atom.